The van der Waals surface area contributed by atoms with Gasteiger partial charge in [0.05, 0.1) is 7.11 Å². The summed E-state index contributed by atoms with van der Waals surface area (Å²) in [6.07, 6.45) is 1.01. The van der Waals surface area contributed by atoms with Crippen LogP contribution in [0.2, 0.25) is 0 Å². The normalized spacial score (nSPS) is 20.3. The Morgan fingerprint density at radius 1 is 1.26 bits per heavy atom. The SMILES string of the molecule is COc1ccc(C(C)(C)C)cc1CC1CNCCN1. The van der Waals surface area contributed by atoms with Gasteiger partial charge < -0.3 is 15.4 Å². The Morgan fingerprint density at radius 2 is 2.05 bits per heavy atom. The van der Waals surface area contributed by atoms with Crippen molar-refractivity contribution < 1.29 is 4.74 Å². The zero-order valence-corrected chi connectivity index (χ0v) is 12.5. The van der Waals surface area contributed by atoms with Crippen molar-refractivity contribution in [1.82, 2.24) is 10.6 Å². The minimum atomic E-state index is 0.180. The second-order valence-electron chi connectivity index (χ2n) is 6.34. The van der Waals surface area contributed by atoms with Crippen LogP contribution in [0.25, 0.3) is 0 Å². The topological polar surface area (TPSA) is 33.3 Å². The largest absolute Gasteiger partial charge is 0.496 e. The molecule has 3 heteroatoms. The quantitative estimate of drug-likeness (QED) is 0.875. The average Bonchev–Trinajstić information content (AvgIpc) is 2.39. The number of piperazine rings is 1. The van der Waals surface area contributed by atoms with Gasteiger partial charge in [-0.2, -0.15) is 0 Å². The van der Waals surface area contributed by atoms with Crippen LogP contribution in [0.15, 0.2) is 18.2 Å². The summed E-state index contributed by atoms with van der Waals surface area (Å²) >= 11 is 0. The molecule has 1 atom stereocenters. The summed E-state index contributed by atoms with van der Waals surface area (Å²) in [4.78, 5) is 0. The van der Waals surface area contributed by atoms with Crippen molar-refractivity contribution in [2.45, 2.75) is 38.6 Å². The van der Waals surface area contributed by atoms with E-state index in [1.54, 1.807) is 7.11 Å². The average molecular weight is 262 g/mol. The summed E-state index contributed by atoms with van der Waals surface area (Å²) in [6.45, 7) is 9.89. The maximum absolute atomic E-state index is 5.51. The molecule has 1 aromatic rings. The number of rotatable bonds is 3. The molecule has 1 aliphatic rings. The molecule has 19 heavy (non-hydrogen) atoms. The zero-order chi connectivity index (χ0) is 13.9. The summed E-state index contributed by atoms with van der Waals surface area (Å²) in [5, 5.41) is 6.99. The highest BCUT2D eigenvalue weighted by Crippen LogP contribution is 2.28. The van der Waals surface area contributed by atoms with Gasteiger partial charge in [0, 0.05) is 25.7 Å². The van der Waals surface area contributed by atoms with Gasteiger partial charge in [-0.1, -0.05) is 32.9 Å². The molecule has 0 aromatic heterocycles. The fourth-order valence-corrected chi connectivity index (χ4v) is 2.53. The predicted molar refractivity (Wildman–Crippen MR) is 80.1 cm³/mol. The molecule has 2 N–H and O–H groups in total. The van der Waals surface area contributed by atoms with Crippen LogP contribution in [-0.2, 0) is 11.8 Å². The first-order valence-corrected chi connectivity index (χ1v) is 7.12. The molecule has 3 nitrogen and oxygen atoms in total. The summed E-state index contributed by atoms with van der Waals surface area (Å²) in [5.74, 6) is 1.00. The molecule has 106 valence electrons. The third-order valence-corrected chi connectivity index (χ3v) is 3.74. The van der Waals surface area contributed by atoms with Crippen molar-refractivity contribution in [2.24, 2.45) is 0 Å². The van der Waals surface area contributed by atoms with Crippen LogP contribution in [0.3, 0.4) is 0 Å². The lowest BCUT2D eigenvalue weighted by Crippen LogP contribution is -2.49. The molecule has 0 amide bonds. The van der Waals surface area contributed by atoms with Gasteiger partial charge >= 0.3 is 0 Å². The summed E-state index contributed by atoms with van der Waals surface area (Å²) in [6, 6.07) is 7.08. The fraction of sp³-hybridized carbons (Fsp3) is 0.625. The maximum atomic E-state index is 5.51. The third-order valence-electron chi connectivity index (χ3n) is 3.74. The molecule has 0 spiro atoms. The summed E-state index contributed by atoms with van der Waals surface area (Å²) in [7, 11) is 1.75. The predicted octanol–water partition coefficient (Wildman–Crippen LogP) is 2.10. The third kappa shape index (κ3) is 3.71. The van der Waals surface area contributed by atoms with E-state index in [4.69, 9.17) is 4.74 Å². The smallest absolute Gasteiger partial charge is 0.122 e. The van der Waals surface area contributed by atoms with Crippen LogP contribution in [0.4, 0.5) is 0 Å². The van der Waals surface area contributed by atoms with Crippen LogP contribution < -0.4 is 15.4 Å². The highest BCUT2D eigenvalue weighted by molar-refractivity contribution is 5.40. The Balaban J connectivity index is 2.20. The van der Waals surface area contributed by atoms with Gasteiger partial charge in [0.15, 0.2) is 0 Å². The second kappa shape index (κ2) is 5.93. The van der Waals surface area contributed by atoms with E-state index in [-0.39, 0.29) is 5.41 Å². The number of ether oxygens (including phenoxy) is 1. The first kappa shape index (κ1) is 14.4. The van der Waals surface area contributed by atoms with Crippen LogP contribution in [-0.4, -0.2) is 32.8 Å². The van der Waals surface area contributed by atoms with Crippen LogP contribution in [0.5, 0.6) is 5.75 Å². The molecule has 0 radical (unpaired) electrons. The zero-order valence-electron chi connectivity index (χ0n) is 12.5. The second-order valence-corrected chi connectivity index (χ2v) is 6.34. The molecule has 0 bridgehead atoms. The van der Waals surface area contributed by atoms with Crippen molar-refractivity contribution in [1.29, 1.82) is 0 Å². The van der Waals surface area contributed by atoms with E-state index in [1.807, 2.05) is 0 Å². The van der Waals surface area contributed by atoms with Gasteiger partial charge in [-0.25, -0.2) is 0 Å². The van der Waals surface area contributed by atoms with Gasteiger partial charge in [-0.3, -0.25) is 0 Å². The Bertz CT molecular complexity index is 417. The Labute approximate surface area is 116 Å². The Hall–Kier alpha value is -1.06. The Morgan fingerprint density at radius 3 is 2.63 bits per heavy atom. The number of benzene rings is 1. The number of hydrogen-bond acceptors (Lipinski definition) is 3. The highest BCUT2D eigenvalue weighted by Gasteiger charge is 2.19. The Kier molecular flexibility index (Phi) is 4.48. The molecule has 1 unspecified atom stereocenters. The van der Waals surface area contributed by atoms with Crippen molar-refractivity contribution in [3.63, 3.8) is 0 Å². The van der Waals surface area contributed by atoms with E-state index in [9.17, 15) is 0 Å². The van der Waals surface area contributed by atoms with Crippen molar-refractivity contribution >= 4 is 0 Å². The molecule has 2 rings (SSSR count). The molecule has 1 fully saturated rings. The molecular formula is C16H26N2O. The first-order valence-electron chi connectivity index (χ1n) is 7.12. The lowest BCUT2D eigenvalue weighted by atomic mass is 9.85. The molecule has 0 saturated carbocycles. The number of nitrogens with one attached hydrogen (secondary N) is 2. The molecule has 0 aliphatic carbocycles. The van der Waals surface area contributed by atoms with Crippen molar-refractivity contribution in [3.8, 4) is 5.75 Å². The summed E-state index contributed by atoms with van der Waals surface area (Å²) < 4.78 is 5.51. The van der Waals surface area contributed by atoms with E-state index < -0.39 is 0 Å². The standard InChI is InChI=1S/C16H26N2O/c1-16(2,3)13-5-6-15(19-4)12(9-13)10-14-11-17-7-8-18-14/h5-6,9,14,17-18H,7-8,10-11H2,1-4H3. The highest BCUT2D eigenvalue weighted by atomic mass is 16.5. The number of hydrogen-bond donors (Lipinski definition) is 2. The van der Waals surface area contributed by atoms with Gasteiger partial charge in [-0.05, 0) is 29.0 Å². The van der Waals surface area contributed by atoms with E-state index >= 15 is 0 Å². The van der Waals surface area contributed by atoms with Gasteiger partial charge in [0.2, 0.25) is 0 Å². The monoisotopic (exact) mass is 262 g/mol. The van der Waals surface area contributed by atoms with Gasteiger partial charge in [0.1, 0.15) is 5.75 Å². The molecule has 1 aromatic carbocycles. The van der Waals surface area contributed by atoms with Crippen LogP contribution in [0, 0.1) is 0 Å². The molecule has 1 saturated heterocycles. The molecule has 1 aliphatic heterocycles. The van der Waals surface area contributed by atoms with E-state index in [0.717, 1.165) is 31.8 Å². The summed E-state index contributed by atoms with van der Waals surface area (Å²) in [5.41, 5.74) is 2.85. The van der Waals surface area contributed by atoms with E-state index in [1.165, 1.54) is 11.1 Å². The van der Waals surface area contributed by atoms with Crippen molar-refractivity contribution in [3.05, 3.63) is 29.3 Å². The molecule has 1 heterocycles. The fourth-order valence-electron chi connectivity index (χ4n) is 2.53. The van der Waals surface area contributed by atoms with Crippen LogP contribution >= 0.6 is 0 Å². The lowest BCUT2D eigenvalue weighted by Gasteiger charge is -2.26. The van der Waals surface area contributed by atoms with E-state index in [0.29, 0.717) is 6.04 Å². The first-order chi connectivity index (χ1) is 9.00. The minimum Gasteiger partial charge on any atom is -0.496 e. The van der Waals surface area contributed by atoms with E-state index in [2.05, 4.69) is 49.6 Å². The lowest BCUT2D eigenvalue weighted by molar-refractivity contribution is 0.390. The van der Waals surface area contributed by atoms with Gasteiger partial charge in [0.25, 0.3) is 0 Å². The minimum absolute atomic E-state index is 0.180. The molecular weight excluding hydrogens is 236 g/mol. The number of methoxy groups -OCH3 is 1. The van der Waals surface area contributed by atoms with Crippen molar-refractivity contribution in [2.75, 3.05) is 26.7 Å². The van der Waals surface area contributed by atoms with Gasteiger partial charge in [-0.15, -0.1) is 0 Å². The maximum Gasteiger partial charge on any atom is 0.122 e. The van der Waals surface area contributed by atoms with Crippen LogP contribution in [0.1, 0.15) is 31.9 Å².